The number of rotatable bonds is 74. The van der Waals surface area contributed by atoms with Crippen LogP contribution < -0.4 is 0 Å². The van der Waals surface area contributed by atoms with Gasteiger partial charge in [-0.25, -0.2) is 9.13 Å². The van der Waals surface area contributed by atoms with Gasteiger partial charge in [0.15, 0.2) is 12.2 Å². The Labute approximate surface area is 588 Å². The zero-order chi connectivity index (χ0) is 71.0. The topological polar surface area (TPSA) is 237 Å². The van der Waals surface area contributed by atoms with Crippen LogP contribution in [0.4, 0.5) is 0 Å². The maximum absolute atomic E-state index is 13.1. The third kappa shape index (κ3) is 66.6. The molecule has 3 N–H and O–H groups in total. The average molecular weight is 1410 g/mol. The van der Waals surface area contributed by atoms with Gasteiger partial charge in [-0.1, -0.05) is 338 Å². The summed E-state index contributed by atoms with van der Waals surface area (Å²) in [5.41, 5.74) is 0. The summed E-state index contributed by atoms with van der Waals surface area (Å²) in [5.74, 6) is 0.981. The van der Waals surface area contributed by atoms with E-state index in [0.29, 0.717) is 31.6 Å². The molecule has 0 fully saturated rings. The van der Waals surface area contributed by atoms with Crippen LogP contribution in [0, 0.1) is 23.7 Å². The van der Waals surface area contributed by atoms with Crippen LogP contribution in [0.3, 0.4) is 0 Å². The minimum Gasteiger partial charge on any atom is -0.462 e. The highest BCUT2D eigenvalue weighted by molar-refractivity contribution is 7.47. The summed E-state index contributed by atoms with van der Waals surface area (Å²) in [6.45, 7) is 14.2. The lowest BCUT2D eigenvalue weighted by Crippen LogP contribution is -2.30. The second-order valence-electron chi connectivity index (χ2n) is 28.9. The summed E-state index contributed by atoms with van der Waals surface area (Å²) in [6.07, 6.45) is 51.5. The number of phosphoric ester groups is 2. The van der Waals surface area contributed by atoms with Gasteiger partial charge in [-0.2, -0.15) is 0 Å². The molecular weight excluding hydrogens is 1260 g/mol. The first-order valence-electron chi connectivity index (χ1n) is 39.8. The van der Waals surface area contributed by atoms with Crippen LogP contribution in [0.15, 0.2) is 0 Å². The monoisotopic (exact) mass is 1410 g/mol. The van der Waals surface area contributed by atoms with E-state index in [1.807, 2.05) is 0 Å². The van der Waals surface area contributed by atoms with Crippen molar-refractivity contribution in [2.24, 2.45) is 23.7 Å². The standard InChI is InChI=1S/C77H150O17P2/c1-9-68(6)54-46-38-30-24-20-18-16-14-12-13-15-17-19-21-27-33-43-51-59-76(81)93-72(63-88-75(80)58-50-42-34-28-29-37-45-53-67(4)5)65-91-95(83,84)89-61-71(78)62-90-96(85,86)92-66-73(94-77(82)60-52-44-36-35-40-48-56-70(8)11-3)64-87-74(79)57-49-41-32-26-23-22-25-31-39-47-55-69(7)10-2/h67-73,78H,9-66H2,1-8H3,(H,83,84)(H,85,86)/t68?,69?,70?,71?,72-,73-/m1/s1. The third-order valence-corrected chi connectivity index (χ3v) is 20.8. The minimum atomic E-state index is -4.96. The van der Waals surface area contributed by atoms with Crippen molar-refractivity contribution in [1.82, 2.24) is 0 Å². The summed E-state index contributed by atoms with van der Waals surface area (Å²) in [5, 5.41) is 10.6. The first kappa shape index (κ1) is 94.1. The molecule has 0 saturated carbocycles. The molecule has 0 amide bonds. The molecule has 17 nitrogen and oxygen atoms in total. The van der Waals surface area contributed by atoms with Crippen LogP contribution in [-0.4, -0.2) is 96.7 Å². The van der Waals surface area contributed by atoms with Crippen molar-refractivity contribution in [3.05, 3.63) is 0 Å². The van der Waals surface area contributed by atoms with E-state index in [2.05, 4.69) is 55.4 Å². The van der Waals surface area contributed by atoms with Crippen LogP contribution >= 0.6 is 15.6 Å². The van der Waals surface area contributed by atoms with Crippen LogP contribution in [0.1, 0.15) is 389 Å². The van der Waals surface area contributed by atoms with Gasteiger partial charge in [-0.05, 0) is 49.4 Å². The van der Waals surface area contributed by atoms with Gasteiger partial charge in [0.05, 0.1) is 26.4 Å². The molecule has 0 rings (SSSR count). The SMILES string of the molecule is CCC(C)CCCCCCCCCCCCCCCCCCCCC(=O)O[C@H](COC(=O)CCCCCCCCCC(C)C)COP(=O)(O)OCC(O)COP(=O)(O)OC[C@@H](COC(=O)CCCCCCCCCCCCC(C)CC)OC(=O)CCCCCCCCC(C)CC. The number of hydrogen-bond acceptors (Lipinski definition) is 15. The van der Waals surface area contributed by atoms with Crippen LogP contribution in [-0.2, 0) is 65.4 Å². The fraction of sp³-hybridized carbons (Fsp3) is 0.948. The number of aliphatic hydroxyl groups is 1. The predicted molar refractivity (Wildman–Crippen MR) is 391 cm³/mol. The molecule has 0 radical (unpaired) electrons. The third-order valence-electron chi connectivity index (χ3n) is 18.9. The second kappa shape index (κ2) is 66.3. The van der Waals surface area contributed by atoms with E-state index >= 15 is 0 Å². The van der Waals surface area contributed by atoms with E-state index in [9.17, 15) is 43.2 Å². The Morgan fingerprint density at radius 2 is 0.500 bits per heavy atom. The van der Waals surface area contributed by atoms with Gasteiger partial charge in [-0.15, -0.1) is 0 Å². The Hall–Kier alpha value is -1.94. The summed E-state index contributed by atoms with van der Waals surface area (Å²) < 4.78 is 68.5. The van der Waals surface area contributed by atoms with Gasteiger partial charge < -0.3 is 33.8 Å². The predicted octanol–water partition coefficient (Wildman–Crippen LogP) is 22.4. The van der Waals surface area contributed by atoms with E-state index in [1.165, 1.54) is 186 Å². The highest BCUT2D eigenvalue weighted by Gasteiger charge is 2.30. The molecule has 0 aromatic carbocycles. The molecule has 0 saturated heterocycles. The van der Waals surface area contributed by atoms with E-state index < -0.39 is 97.5 Å². The van der Waals surface area contributed by atoms with E-state index in [-0.39, 0.29) is 25.7 Å². The van der Waals surface area contributed by atoms with Gasteiger partial charge in [-0.3, -0.25) is 37.3 Å². The first-order chi connectivity index (χ1) is 46.2. The van der Waals surface area contributed by atoms with Crippen molar-refractivity contribution in [2.75, 3.05) is 39.6 Å². The smallest absolute Gasteiger partial charge is 0.462 e. The zero-order valence-electron chi connectivity index (χ0n) is 63.0. The number of phosphoric acid groups is 2. The summed E-state index contributed by atoms with van der Waals surface area (Å²) in [6, 6.07) is 0. The molecule has 570 valence electrons. The van der Waals surface area contributed by atoms with Gasteiger partial charge in [0, 0.05) is 25.7 Å². The van der Waals surface area contributed by atoms with Gasteiger partial charge in [0.2, 0.25) is 0 Å². The Balaban J connectivity index is 5.16. The summed E-state index contributed by atoms with van der Waals surface area (Å²) >= 11 is 0. The molecule has 0 aliphatic heterocycles. The molecule has 0 aromatic heterocycles. The lowest BCUT2D eigenvalue weighted by Gasteiger charge is -2.21. The second-order valence-corrected chi connectivity index (χ2v) is 31.9. The molecular formula is C77H150O17P2. The van der Waals surface area contributed by atoms with Gasteiger partial charge in [0.25, 0.3) is 0 Å². The molecule has 19 heteroatoms. The van der Waals surface area contributed by atoms with Crippen LogP contribution in [0.5, 0.6) is 0 Å². The van der Waals surface area contributed by atoms with Crippen molar-refractivity contribution in [3.63, 3.8) is 0 Å². The highest BCUT2D eigenvalue weighted by Crippen LogP contribution is 2.45. The van der Waals surface area contributed by atoms with Crippen molar-refractivity contribution < 1.29 is 80.2 Å². The van der Waals surface area contributed by atoms with Crippen molar-refractivity contribution in [2.45, 2.75) is 408 Å². The fourth-order valence-electron chi connectivity index (χ4n) is 11.6. The molecule has 0 aliphatic carbocycles. The first-order valence-corrected chi connectivity index (χ1v) is 42.8. The Kier molecular flexibility index (Phi) is 65.0. The Bertz CT molecular complexity index is 1890. The molecule has 96 heavy (non-hydrogen) atoms. The van der Waals surface area contributed by atoms with Gasteiger partial charge in [0.1, 0.15) is 19.3 Å². The van der Waals surface area contributed by atoms with Crippen molar-refractivity contribution >= 4 is 39.5 Å². The quantitative estimate of drug-likeness (QED) is 0.0222. The van der Waals surface area contributed by atoms with Crippen molar-refractivity contribution in [1.29, 1.82) is 0 Å². The molecule has 8 atom stereocenters. The molecule has 0 spiro atoms. The van der Waals surface area contributed by atoms with Crippen LogP contribution in [0.25, 0.3) is 0 Å². The molecule has 0 bridgehead atoms. The van der Waals surface area contributed by atoms with E-state index in [0.717, 1.165) is 114 Å². The largest absolute Gasteiger partial charge is 0.472 e. The molecule has 0 heterocycles. The lowest BCUT2D eigenvalue weighted by molar-refractivity contribution is -0.161. The normalized spacial score (nSPS) is 15.0. The Morgan fingerprint density at radius 1 is 0.292 bits per heavy atom. The summed E-state index contributed by atoms with van der Waals surface area (Å²) in [4.78, 5) is 72.8. The number of carbonyl (C=O) groups excluding carboxylic acids is 4. The Morgan fingerprint density at radius 3 is 0.740 bits per heavy atom. The number of ether oxygens (including phenoxy) is 4. The molecule has 0 aliphatic rings. The van der Waals surface area contributed by atoms with Crippen LogP contribution in [0.2, 0.25) is 0 Å². The fourth-order valence-corrected chi connectivity index (χ4v) is 13.2. The summed E-state index contributed by atoms with van der Waals surface area (Å²) in [7, 11) is -9.91. The average Bonchev–Trinajstić information content (AvgIpc) is 1.35. The minimum absolute atomic E-state index is 0.102. The van der Waals surface area contributed by atoms with Crippen molar-refractivity contribution in [3.8, 4) is 0 Å². The maximum atomic E-state index is 13.1. The zero-order valence-corrected chi connectivity index (χ0v) is 64.8. The number of esters is 4. The number of unbranched alkanes of at least 4 members (excludes halogenated alkanes) is 37. The van der Waals surface area contributed by atoms with E-state index in [1.54, 1.807) is 0 Å². The van der Waals surface area contributed by atoms with E-state index in [4.69, 9.17) is 37.0 Å². The maximum Gasteiger partial charge on any atom is 0.472 e. The number of hydrogen-bond donors (Lipinski definition) is 3. The molecule has 0 aromatic rings. The molecule has 6 unspecified atom stereocenters. The highest BCUT2D eigenvalue weighted by atomic mass is 31.2. The lowest BCUT2D eigenvalue weighted by atomic mass is 9.99. The number of carbonyl (C=O) groups is 4. The number of aliphatic hydroxyl groups excluding tert-OH is 1. The van der Waals surface area contributed by atoms with Gasteiger partial charge >= 0.3 is 39.5 Å².